The summed E-state index contributed by atoms with van der Waals surface area (Å²) in [5.74, 6) is -0.704. The molecular weight excluding hydrogens is 623 g/mol. The molecule has 3 aliphatic rings. The fourth-order valence-electron chi connectivity index (χ4n) is 7.73. The van der Waals surface area contributed by atoms with E-state index in [0.29, 0.717) is 59.3 Å². The highest BCUT2D eigenvalue weighted by Crippen LogP contribution is 2.52. The van der Waals surface area contributed by atoms with Gasteiger partial charge in [0.1, 0.15) is 10.4 Å². The number of amides is 2. The van der Waals surface area contributed by atoms with Crippen LogP contribution in [0, 0.1) is 11.3 Å². The highest BCUT2D eigenvalue weighted by molar-refractivity contribution is 7.94. The number of sulfone groups is 1. The van der Waals surface area contributed by atoms with Crippen molar-refractivity contribution in [2.45, 2.75) is 93.5 Å². The van der Waals surface area contributed by atoms with E-state index in [1.54, 1.807) is 36.2 Å². The Morgan fingerprint density at radius 3 is 2.20 bits per heavy atom. The topological polar surface area (TPSA) is 144 Å². The van der Waals surface area contributed by atoms with E-state index < -0.39 is 27.6 Å². The van der Waals surface area contributed by atoms with Crippen LogP contribution in [0.4, 0.5) is 0 Å². The molecule has 1 saturated heterocycles. The van der Waals surface area contributed by atoms with Gasteiger partial charge in [0.05, 0.1) is 36.2 Å². The van der Waals surface area contributed by atoms with Gasteiger partial charge in [-0.3, -0.25) is 14.3 Å². The zero-order valence-electron chi connectivity index (χ0n) is 28.1. The van der Waals surface area contributed by atoms with Gasteiger partial charge < -0.3 is 19.4 Å². The molecule has 0 spiro atoms. The molecule has 250 valence electrons. The monoisotopic (exact) mass is 669 g/mol. The molecule has 11 nitrogen and oxygen atoms in total. The second-order valence-corrected chi connectivity index (χ2v) is 22.4. The molecule has 0 radical (unpaired) electrons. The van der Waals surface area contributed by atoms with Crippen molar-refractivity contribution < 1.29 is 27.2 Å². The van der Waals surface area contributed by atoms with Crippen molar-refractivity contribution in [3.8, 4) is 6.07 Å². The molecule has 5 rings (SSSR count). The van der Waals surface area contributed by atoms with E-state index in [4.69, 9.17) is 14.4 Å². The van der Waals surface area contributed by atoms with Gasteiger partial charge in [-0.15, -0.1) is 0 Å². The summed E-state index contributed by atoms with van der Waals surface area (Å²) >= 11 is 0. The van der Waals surface area contributed by atoms with Crippen LogP contribution in [-0.2, 0) is 39.0 Å². The van der Waals surface area contributed by atoms with Crippen molar-refractivity contribution in [2.24, 2.45) is 7.05 Å². The lowest BCUT2D eigenvalue weighted by Gasteiger charge is -2.48. The largest absolute Gasteiger partial charge is 0.414 e. The van der Waals surface area contributed by atoms with Crippen molar-refractivity contribution in [1.82, 2.24) is 20.0 Å². The second kappa shape index (κ2) is 12.5. The first-order valence-corrected chi connectivity index (χ1v) is 19.9. The van der Waals surface area contributed by atoms with Crippen molar-refractivity contribution >= 4 is 30.0 Å². The summed E-state index contributed by atoms with van der Waals surface area (Å²) in [6, 6.07) is 9.00. The number of nitrogens with zero attached hydrogens (tertiary/aromatic N) is 4. The molecular formula is C33H47N5O6SSi. The van der Waals surface area contributed by atoms with Crippen LogP contribution < -0.4 is 5.32 Å². The third-order valence-corrected chi connectivity index (χ3v) is 19.7. The first kappa shape index (κ1) is 34.3. The molecule has 3 heterocycles. The van der Waals surface area contributed by atoms with E-state index in [9.17, 15) is 18.0 Å². The number of benzene rings is 1. The van der Waals surface area contributed by atoms with Crippen LogP contribution in [0.25, 0.3) is 0 Å². The van der Waals surface area contributed by atoms with Gasteiger partial charge in [0.2, 0.25) is 0 Å². The van der Waals surface area contributed by atoms with Gasteiger partial charge in [-0.25, -0.2) is 8.42 Å². The summed E-state index contributed by atoms with van der Waals surface area (Å²) in [4.78, 5) is 28.6. The Bertz CT molecular complexity index is 1610. The quantitative estimate of drug-likeness (QED) is 0.314. The molecule has 1 N–H and O–H groups in total. The second-order valence-electron chi connectivity index (χ2n) is 14.2. The molecule has 2 aromatic rings. The summed E-state index contributed by atoms with van der Waals surface area (Å²) in [7, 11) is -4.41. The molecule has 0 bridgehead atoms. The molecule has 46 heavy (non-hydrogen) atoms. The van der Waals surface area contributed by atoms with Crippen molar-refractivity contribution in [3.63, 3.8) is 0 Å². The van der Waals surface area contributed by atoms with Crippen molar-refractivity contribution in [1.29, 1.82) is 5.26 Å². The Kier molecular flexibility index (Phi) is 9.33. The molecule has 1 aromatic heterocycles. The molecule has 1 aliphatic carbocycles. The Balaban J connectivity index is 1.31. The zero-order valence-corrected chi connectivity index (χ0v) is 29.9. The Labute approximate surface area is 273 Å². The van der Waals surface area contributed by atoms with Crippen LogP contribution in [0.15, 0.2) is 24.3 Å². The van der Waals surface area contributed by atoms with Crippen LogP contribution in [0.2, 0.25) is 16.6 Å². The van der Waals surface area contributed by atoms with Gasteiger partial charge in [-0.2, -0.15) is 10.4 Å². The lowest BCUT2D eigenvalue weighted by Crippen LogP contribution is -2.65. The maximum absolute atomic E-state index is 14.5. The minimum atomic E-state index is -3.73. The van der Waals surface area contributed by atoms with Gasteiger partial charge in [0.15, 0.2) is 23.8 Å². The summed E-state index contributed by atoms with van der Waals surface area (Å²) in [5.41, 5.74) is 3.43. The molecule has 2 aliphatic heterocycles. The number of ether oxygens (including phenoxy) is 1. The summed E-state index contributed by atoms with van der Waals surface area (Å²) in [5, 5.41) is 16.3. The average Bonchev–Trinajstić information content (AvgIpc) is 3.70. The van der Waals surface area contributed by atoms with E-state index in [-0.39, 0.29) is 50.4 Å². The molecule has 2 amide bonds. The number of fused-ring (bicyclic) bond motifs is 1. The zero-order chi connectivity index (χ0) is 33.7. The predicted molar refractivity (Wildman–Crippen MR) is 177 cm³/mol. The number of carbonyl (C=O) groups is 2. The third kappa shape index (κ3) is 5.61. The highest BCUT2D eigenvalue weighted by Gasteiger charge is 2.67. The minimum absolute atomic E-state index is 0.0991. The van der Waals surface area contributed by atoms with Crippen LogP contribution >= 0.6 is 0 Å². The fraction of sp³-hybridized carbons (Fsp3) is 0.636. The van der Waals surface area contributed by atoms with Crippen LogP contribution in [0.1, 0.15) is 92.1 Å². The van der Waals surface area contributed by atoms with Crippen LogP contribution in [0.3, 0.4) is 0 Å². The van der Waals surface area contributed by atoms with E-state index in [0.717, 1.165) is 5.56 Å². The van der Waals surface area contributed by atoms with E-state index >= 15 is 0 Å². The molecule has 13 heteroatoms. The van der Waals surface area contributed by atoms with Crippen LogP contribution in [0.5, 0.6) is 0 Å². The van der Waals surface area contributed by atoms with E-state index in [1.807, 2.05) is 0 Å². The average molecular weight is 670 g/mol. The normalized spacial score (nSPS) is 18.8. The maximum Gasteiger partial charge on any atom is 0.272 e. The van der Waals surface area contributed by atoms with Gasteiger partial charge in [0.25, 0.3) is 11.8 Å². The maximum atomic E-state index is 14.5. The minimum Gasteiger partial charge on any atom is -0.414 e. The number of nitriles is 1. The number of hydrogen-bond donors (Lipinski definition) is 1. The lowest BCUT2D eigenvalue weighted by atomic mass is 10.0. The Hall–Kier alpha value is -3.05. The molecule has 1 aromatic carbocycles. The van der Waals surface area contributed by atoms with Gasteiger partial charge in [0, 0.05) is 32.2 Å². The van der Waals surface area contributed by atoms with Gasteiger partial charge >= 0.3 is 0 Å². The molecule has 2 fully saturated rings. The number of nitrogens with one attached hydrogen (secondary N) is 1. The van der Waals surface area contributed by atoms with Gasteiger partial charge in [-0.1, -0.05) is 53.7 Å². The first-order chi connectivity index (χ1) is 21.6. The standard InChI is InChI=1S/C33H47N5O6SSi/c1-22(2)46(23(3)4,24(5)6)44-21-33(19-43-20-33)45(41,42)32(13-14-32)18-38-15-12-27-28(36-37(7)29(27)31(38)40)30(39)35-17-26-10-8-25(16-34)9-11-26/h8-11,22-24H,12-15,17-21H2,1-7H3,(H,35,39). The van der Waals surface area contributed by atoms with E-state index in [1.165, 1.54) is 4.68 Å². The first-order valence-electron chi connectivity index (χ1n) is 16.2. The smallest absolute Gasteiger partial charge is 0.272 e. The molecule has 0 atom stereocenters. The summed E-state index contributed by atoms with van der Waals surface area (Å²) in [6.07, 6.45) is 1.37. The van der Waals surface area contributed by atoms with Crippen LogP contribution in [-0.4, -0.2) is 85.6 Å². The predicted octanol–water partition coefficient (Wildman–Crippen LogP) is 4.13. The Morgan fingerprint density at radius 2 is 1.70 bits per heavy atom. The number of aryl methyl sites for hydroxylation is 1. The molecule has 1 saturated carbocycles. The van der Waals surface area contributed by atoms with Crippen molar-refractivity contribution in [3.05, 3.63) is 52.3 Å². The number of aromatic nitrogens is 2. The van der Waals surface area contributed by atoms with Gasteiger partial charge in [-0.05, 0) is 53.6 Å². The van der Waals surface area contributed by atoms with E-state index in [2.05, 4.69) is 58.0 Å². The third-order valence-electron chi connectivity index (χ3n) is 10.5. The fourth-order valence-corrected chi connectivity index (χ4v) is 15.9. The number of carbonyl (C=O) groups excluding carboxylic acids is 2. The molecule has 0 unspecified atom stereocenters. The summed E-state index contributed by atoms with van der Waals surface area (Å²) in [6.45, 7) is 14.1. The number of rotatable bonds is 13. The highest BCUT2D eigenvalue weighted by atomic mass is 32.2. The summed E-state index contributed by atoms with van der Waals surface area (Å²) < 4.78 is 40.6. The SMILES string of the molecule is CC(C)[Si](OCC1(S(=O)(=O)C2(CN3CCc4c(C(=O)NCc5ccc(C#N)cc5)nn(C)c4C3=O)CC2)COC1)(C(C)C)C(C)C. The Morgan fingerprint density at radius 1 is 1.09 bits per heavy atom. The van der Waals surface area contributed by atoms with Crippen molar-refractivity contribution in [2.75, 3.05) is 32.9 Å². The number of hydrogen-bond acceptors (Lipinski definition) is 8. The lowest BCUT2D eigenvalue weighted by molar-refractivity contribution is -0.0357.